The van der Waals surface area contributed by atoms with Crippen LogP contribution in [0, 0.1) is 0 Å². The van der Waals surface area contributed by atoms with E-state index in [0.29, 0.717) is 13.0 Å². The van der Waals surface area contributed by atoms with Crippen molar-refractivity contribution < 1.29 is 23.8 Å². The fraction of sp³-hybridized carbons (Fsp3) is 0.524. The lowest BCUT2D eigenvalue weighted by Crippen LogP contribution is -2.44. The molecule has 7 heteroatoms. The first kappa shape index (κ1) is 20.0. The summed E-state index contributed by atoms with van der Waals surface area (Å²) >= 11 is 0. The lowest BCUT2D eigenvalue weighted by molar-refractivity contribution is -0.142. The molecule has 7 nitrogen and oxygen atoms in total. The first-order valence-electron chi connectivity index (χ1n) is 9.38. The predicted molar refractivity (Wildman–Crippen MR) is 105 cm³/mol. The van der Waals surface area contributed by atoms with Crippen LogP contribution in [0.25, 0.3) is 10.9 Å². The van der Waals surface area contributed by atoms with E-state index in [1.807, 2.05) is 50.6 Å². The maximum absolute atomic E-state index is 12.9. The Labute approximate surface area is 165 Å². The largest absolute Gasteiger partial charge is 0.497 e. The number of methoxy groups -OCH3 is 2. The number of ether oxygens (including phenoxy) is 3. The third kappa shape index (κ3) is 3.66. The first-order valence-corrected chi connectivity index (χ1v) is 9.38. The second kappa shape index (κ2) is 7.37. The van der Waals surface area contributed by atoms with Crippen molar-refractivity contribution in [3.05, 3.63) is 29.5 Å². The van der Waals surface area contributed by atoms with Gasteiger partial charge in [-0.15, -0.1) is 0 Å². The van der Waals surface area contributed by atoms with E-state index in [2.05, 4.69) is 0 Å². The average molecular weight is 388 g/mol. The summed E-state index contributed by atoms with van der Waals surface area (Å²) in [5.74, 6) is 0.411. The smallest absolute Gasteiger partial charge is 0.410 e. The Morgan fingerprint density at radius 2 is 1.93 bits per heavy atom. The van der Waals surface area contributed by atoms with Crippen LogP contribution in [-0.4, -0.2) is 47.9 Å². The van der Waals surface area contributed by atoms with Gasteiger partial charge in [0.1, 0.15) is 11.4 Å². The minimum Gasteiger partial charge on any atom is -0.497 e. The number of fused-ring (bicyclic) bond motifs is 3. The Morgan fingerprint density at radius 1 is 1.21 bits per heavy atom. The number of aromatic nitrogens is 1. The molecule has 0 saturated carbocycles. The monoisotopic (exact) mass is 388 g/mol. The third-order valence-electron chi connectivity index (χ3n) is 5.07. The molecule has 1 amide bonds. The van der Waals surface area contributed by atoms with Gasteiger partial charge in [0.25, 0.3) is 0 Å². The number of benzene rings is 1. The second-order valence-corrected chi connectivity index (χ2v) is 8.03. The summed E-state index contributed by atoms with van der Waals surface area (Å²) in [4.78, 5) is 26.6. The van der Waals surface area contributed by atoms with E-state index in [1.165, 1.54) is 7.11 Å². The topological polar surface area (TPSA) is 70.0 Å². The summed E-state index contributed by atoms with van der Waals surface area (Å²) in [6, 6.07) is 5.47. The van der Waals surface area contributed by atoms with Crippen molar-refractivity contribution in [1.29, 1.82) is 0 Å². The number of carbonyl (C=O) groups is 2. The van der Waals surface area contributed by atoms with Crippen LogP contribution in [0.2, 0.25) is 0 Å². The zero-order valence-electron chi connectivity index (χ0n) is 17.4. The van der Waals surface area contributed by atoms with Crippen molar-refractivity contribution >= 4 is 23.0 Å². The standard InChI is InChI=1S/C21H28N2O5/c1-21(2,3)28-20(25)23-10-9-14-15-11-13(26-5)7-8-16(15)22(4)19(14)17(23)12-18(24)27-6/h7-8,11,17H,9-10,12H2,1-6H3. The van der Waals surface area contributed by atoms with Crippen LogP contribution >= 0.6 is 0 Å². The van der Waals surface area contributed by atoms with Gasteiger partial charge >= 0.3 is 12.1 Å². The van der Waals surface area contributed by atoms with E-state index in [0.717, 1.165) is 27.9 Å². The Bertz CT molecular complexity index is 910. The van der Waals surface area contributed by atoms with Crippen molar-refractivity contribution in [3.8, 4) is 5.75 Å². The molecule has 0 bridgehead atoms. The normalized spacial score (nSPS) is 16.6. The fourth-order valence-electron chi connectivity index (χ4n) is 3.86. The molecule has 1 aromatic carbocycles. The van der Waals surface area contributed by atoms with E-state index in [9.17, 15) is 9.59 Å². The SMILES string of the molecule is COC(=O)CC1c2c(c3cc(OC)ccc3n2C)CCN1C(=O)OC(C)(C)C. The highest BCUT2D eigenvalue weighted by atomic mass is 16.6. The number of hydrogen-bond donors (Lipinski definition) is 0. The number of hydrogen-bond acceptors (Lipinski definition) is 5. The predicted octanol–water partition coefficient (Wildman–Crippen LogP) is 3.58. The summed E-state index contributed by atoms with van der Waals surface area (Å²) in [6.45, 7) is 5.97. The molecule has 0 N–H and O–H groups in total. The van der Waals surface area contributed by atoms with E-state index in [-0.39, 0.29) is 12.4 Å². The molecule has 1 aliphatic rings. The quantitative estimate of drug-likeness (QED) is 0.752. The van der Waals surface area contributed by atoms with Crippen LogP contribution < -0.4 is 4.74 Å². The van der Waals surface area contributed by atoms with Crippen molar-refractivity contribution in [1.82, 2.24) is 9.47 Å². The van der Waals surface area contributed by atoms with Gasteiger partial charge in [-0.3, -0.25) is 9.69 Å². The molecule has 0 saturated heterocycles. The molecule has 0 spiro atoms. The fourth-order valence-corrected chi connectivity index (χ4v) is 3.86. The van der Waals surface area contributed by atoms with E-state index in [4.69, 9.17) is 14.2 Å². The maximum Gasteiger partial charge on any atom is 0.410 e. The van der Waals surface area contributed by atoms with Gasteiger partial charge in [-0.25, -0.2) is 4.79 Å². The van der Waals surface area contributed by atoms with Gasteiger partial charge in [0, 0.05) is 30.2 Å². The van der Waals surface area contributed by atoms with Gasteiger partial charge in [0.2, 0.25) is 0 Å². The van der Waals surface area contributed by atoms with E-state index >= 15 is 0 Å². The zero-order valence-corrected chi connectivity index (χ0v) is 17.4. The Morgan fingerprint density at radius 3 is 2.54 bits per heavy atom. The lowest BCUT2D eigenvalue weighted by atomic mass is 9.95. The second-order valence-electron chi connectivity index (χ2n) is 8.03. The molecule has 1 aromatic heterocycles. The number of carbonyl (C=O) groups excluding carboxylic acids is 2. The van der Waals surface area contributed by atoms with Crippen LogP contribution in [0.5, 0.6) is 5.75 Å². The molecule has 0 fully saturated rings. The van der Waals surface area contributed by atoms with E-state index in [1.54, 1.807) is 12.0 Å². The number of nitrogens with zero attached hydrogens (tertiary/aromatic N) is 2. The third-order valence-corrected chi connectivity index (χ3v) is 5.07. The lowest BCUT2D eigenvalue weighted by Gasteiger charge is -2.37. The van der Waals surface area contributed by atoms with Crippen LogP contribution in [-0.2, 0) is 27.7 Å². The van der Waals surface area contributed by atoms with Gasteiger partial charge in [-0.05, 0) is 51.0 Å². The van der Waals surface area contributed by atoms with E-state index < -0.39 is 17.7 Å². The number of amides is 1. The van der Waals surface area contributed by atoms with Gasteiger partial charge < -0.3 is 18.8 Å². The highest BCUT2D eigenvalue weighted by molar-refractivity contribution is 5.88. The molecular formula is C21H28N2O5. The summed E-state index contributed by atoms with van der Waals surface area (Å²) in [5, 5.41) is 1.08. The highest BCUT2D eigenvalue weighted by Gasteiger charge is 2.38. The van der Waals surface area contributed by atoms with Gasteiger partial charge in [0.15, 0.2) is 0 Å². The summed E-state index contributed by atoms with van der Waals surface area (Å²) in [6.07, 6.45) is 0.329. The van der Waals surface area contributed by atoms with Crippen molar-refractivity contribution in [2.24, 2.45) is 7.05 Å². The Kier molecular flexibility index (Phi) is 5.28. The molecule has 0 aliphatic carbocycles. The van der Waals surface area contributed by atoms with Crippen LogP contribution in [0.15, 0.2) is 18.2 Å². The van der Waals surface area contributed by atoms with Crippen molar-refractivity contribution in [3.63, 3.8) is 0 Å². The van der Waals surface area contributed by atoms with Crippen LogP contribution in [0.4, 0.5) is 4.79 Å². The van der Waals surface area contributed by atoms with Gasteiger partial charge in [0.05, 0.1) is 26.7 Å². The molecular weight excluding hydrogens is 360 g/mol. The summed E-state index contributed by atoms with van der Waals surface area (Å²) < 4.78 is 17.9. The average Bonchev–Trinajstić information content (AvgIpc) is 2.92. The Hall–Kier alpha value is -2.70. The van der Waals surface area contributed by atoms with Crippen LogP contribution in [0.3, 0.4) is 0 Å². The minimum absolute atomic E-state index is 0.0735. The summed E-state index contributed by atoms with van der Waals surface area (Å²) in [7, 11) is 4.95. The van der Waals surface area contributed by atoms with Crippen molar-refractivity contribution in [2.45, 2.75) is 45.3 Å². The van der Waals surface area contributed by atoms with Gasteiger partial charge in [-0.2, -0.15) is 0 Å². The summed E-state index contributed by atoms with van der Waals surface area (Å²) in [5.41, 5.74) is 2.49. The number of esters is 1. The Balaban J connectivity index is 2.10. The molecule has 2 heterocycles. The molecule has 1 unspecified atom stereocenters. The molecule has 28 heavy (non-hydrogen) atoms. The molecule has 3 rings (SSSR count). The zero-order chi connectivity index (χ0) is 20.6. The molecule has 2 aromatic rings. The van der Waals surface area contributed by atoms with Crippen molar-refractivity contribution in [2.75, 3.05) is 20.8 Å². The molecule has 152 valence electrons. The maximum atomic E-state index is 12.9. The molecule has 1 aliphatic heterocycles. The van der Waals surface area contributed by atoms with Crippen LogP contribution in [0.1, 0.15) is 44.5 Å². The first-order chi connectivity index (χ1) is 13.2. The number of aryl methyl sites for hydroxylation is 1. The number of rotatable bonds is 3. The van der Waals surface area contributed by atoms with Gasteiger partial charge in [-0.1, -0.05) is 0 Å². The minimum atomic E-state index is -0.612. The molecule has 0 radical (unpaired) electrons. The highest BCUT2D eigenvalue weighted by Crippen LogP contribution is 2.40. The molecule has 1 atom stereocenters.